The summed E-state index contributed by atoms with van der Waals surface area (Å²) in [4.78, 5) is 11.8. The van der Waals surface area contributed by atoms with Crippen molar-refractivity contribution >= 4 is 5.78 Å². The van der Waals surface area contributed by atoms with Crippen molar-refractivity contribution in [1.82, 2.24) is 0 Å². The predicted octanol–water partition coefficient (Wildman–Crippen LogP) is 5.42. The van der Waals surface area contributed by atoms with E-state index in [9.17, 15) is 9.90 Å². The van der Waals surface area contributed by atoms with Gasteiger partial charge in [-0.15, -0.1) is 0 Å². The lowest BCUT2D eigenvalue weighted by molar-refractivity contribution is -0.118. The maximum absolute atomic E-state index is 11.8. The van der Waals surface area contributed by atoms with Crippen LogP contribution in [0.15, 0.2) is 24.3 Å². The minimum Gasteiger partial charge on any atom is -0.508 e. The first-order valence-electron chi connectivity index (χ1n) is 8.52. The lowest BCUT2D eigenvalue weighted by Gasteiger charge is -2.03. The smallest absolute Gasteiger partial charge is 0.137 e. The van der Waals surface area contributed by atoms with Gasteiger partial charge in [0.05, 0.1) is 0 Å². The number of ketones is 1. The van der Waals surface area contributed by atoms with Crippen molar-refractivity contribution < 1.29 is 9.90 Å². The standard InChI is InChI=1S/C19H30O2/c1-2-3-4-5-6-7-8-9-10-11-19(21)16-17-12-14-18(20)15-13-17/h12-15,20H,2-11,16H2,1H3. The van der Waals surface area contributed by atoms with Gasteiger partial charge < -0.3 is 5.11 Å². The fourth-order valence-corrected chi connectivity index (χ4v) is 2.56. The topological polar surface area (TPSA) is 37.3 Å². The zero-order valence-electron chi connectivity index (χ0n) is 13.4. The van der Waals surface area contributed by atoms with Crippen LogP contribution in [-0.2, 0) is 11.2 Å². The van der Waals surface area contributed by atoms with Gasteiger partial charge in [-0.25, -0.2) is 0 Å². The number of hydrogen-bond donors (Lipinski definition) is 1. The summed E-state index contributed by atoms with van der Waals surface area (Å²) in [5, 5.41) is 9.20. The van der Waals surface area contributed by atoms with E-state index in [1.54, 1.807) is 12.1 Å². The molecule has 0 aliphatic carbocycles. The molecule has 2 nitrogen and oxygen atoms in total. The van der Waals surface area contributed by atoms with Gasteiger partial charge in [-0.1, -0.05) is 70.4 Å². The Morgan fingerprint density at radius 1 is 0.857 bits per heavy atom. The first-order valence-corrected chi connectivity index (χ1v) is 8.52. The fourth-order valence-electron chi connectivity index (χ4n) is 2.56. The SMILES string of the molecule is CCCCCCCCCCCC(=O)Cc1ccc(O)cc1. The largest absolute Gasteiger partial charge is 0.508 e. The summed E-state index contributed by atoms with van der Waals surface area (Å²) in [6, 6.07) is 6.93. The Morgan fingerprint density at radius 3 is 1.95 bits per heavy atom. The highest BCUT2D eigenvalue weighted by Crippen LogP contribution is 2.13. The minimum absolute atomic E-state index is 0.255. The zero-order valence-corrected chi connectivity index (χ0v) is 13.4. The third-order valence-corrected chi connectivity index (χ3v) is 3.90. The van der Waals surface area contributed by atoms with E-state index in [1.807, 2.05) is 12.1 Å². The van der Waals surface area contributed by atoms with E-state index in [2.05, 4.69) is 6.92 Å². The van der Waals surface area contributed by atoms with E-state index in [-0.39, 0.29) is 5.75 Å². The zero-order chi connectivity index (χ0) is 15.3. The molecule has 21 heavy (non-hydrogen) atoms. The molecule has 118 valence electrons. The van der Waals surface area contributed by atoms with Crippen LogP contribution in [0.1, 0.15) is 76.7 Å². The Balaban J connectivity index is 1.97. The second kappa shape index (κ2) is 11.4. The summed E-state index contributed by atoms with van der Waals surface area (Å²) < 4.78 is 0. The first kappa shape index (κ1) is 17.7. The Morgan fingerprint density at radius 2 is 1.38 bits per heavy atom. The summed E-state index contributed by atoms with van der Waals surface area (Å²) in [6.45, 7) is 2.25. The van der Waals surface area contributed by atoms with E-state index in [1.165, 1.54) is 51.4 Å². The van der Waals surface area contributed by atoms with E-state index >= 15 is 0 Å². The highest BCUT2D eigenvalue weighted by molar-refractivity contribution is 5.80. The van der Waals surface area contributed by atoms with Crippen molar-refractivity contribution in [1.29, 1.82) is 0 Å². The molecule has 1 aromatic carbocycles. The van der Waals surface area contributed by atoms with Gasteiger partial charge in [0.1, 0.15) is 11.5 Å². The number of aromatic hydroxyl groups is 1. The molecule has 0 fully saturated rings. The average molecular weight is 290 g/mol. The molecule has 0 saturated heterocycles. The normalized spacial score (nSPS) is 10.7. The lowest BCUT2D eigenvalue weighted by atomic mass is 10.0. The first-order chi connectivity index (χ1) is 10.2. The van der Waals surface area contributed by atoms with Gasteiger partial charge in [-0.2, -0.15) is 0 Å². The van der Waals surface area contributed by atoms with Crippen LogP contribution in [0.5, 0.6) is 5.75 Å². The molecule has 0 saturated carbocycles. The van der Waals surface area contributed by atoms with Crippen molar-refractivity contribution in [2.24, 2.45) is 0 Å². The van der Waals surface area contributed by atoms with Crippen LogP contribution in [0.3, 0.4) is 0 Å². The third-order valence-electron chi connectivity index (χ3n) is 3.90. The van der Waals surface area contributed by atoms with Crippen LogP contribution in [0.4, 0.5) is 0 Å². The van der Waals surface area contributed by atoms with Crippen LogP contribution in [0, 0.1) is 0 Å². The van der Waals surface area contributed by atoms with E-state index < -0.39 is 0 Å². The maximum Gasteiger partial charge on any atom is 0.137 e. The molecule has 0 radical (unpaired) electrons. The average Bonchev–Trinajstić information content (AvgIpc) is 2.48. The lowest BCUT2D eigenvalue weighted by Crippen LogP contribution is -2.02. The van der Waals surface area contributed by atoms with E-state index in [0.29, 0.717) is 18.6 Å². The second-order valence-corrected chi connectivity index (χ2v) is 5.96. The molecule has 0 bridgehead atoms. The number of carbonyl (C=O) groups excluding carboxylic acids is 1. The number of rotatable bonds is 12. The molecule has 0 heterocycles. The molecule has 0 atom stereocenters. The van der Waals surface area contributed by atoms with Gasteiger partial charge in [0, 0.05) is 12.8 Å². The van der Waals surface area contributed by atoms with Crippen molar-refractivity contribution in [3.8, 4) is 5.75 Å². The van der Waals surface area contributed by atoms with Gasteiger partial charge in [-0.05, 0) is 24.1 Å². The van der Waals surface area contributed by atoms with Crippen LogP contribution < -0.4 is 0 Å². The van der Waals surface area contributed by atoms with Gasteiger partial charge in [-0.3, -0.25) is 4.79 Å². The van der Waals surface area contributed by atoms with Crippen LogP contribution >= 0.6 is 0 Å². The molecule has 1 N–H and O–H groups in total. The van der Waals surface area contributed by atoms with Gasteiger partial charge in [0.15, 0.2) is 0 Å². The van der Waals surface area contributed by atoms with E-state index in [0.717, 1.165) is 12.0 Å². The number of benzene rings is 1. The number of carbonyl (C=O) groups is 1. The maximum atomic E-state index is 11.8. The molecule has 0 unspecified atom stereocenters. The summed E-state index contributed by atoms with van der Waals surface area (Å²) in [5.74, 6) is 0.564. The molecule has 0 aromatic heterocycles. The minimum atomic E-state index is 0.255. The molecule has 2 heteroatoms. The highest BCUT2D eigenvalue weighted by atomic mass is 16.3. The molecule has 1 rings (SSSR count). The molecular weight excluding hydrogens is 260 g/mol. The Kier molecular flexibility index (Phi) is 9.60. The van der Waals surface area contributed by atoms with Crippen molar-refractivity contribution in [3.63, 3.8) is 0 Å². The molecule has 0 spiro atoms. The third kappa shape index (κ3) is 9.28. The van der Waals surface area contributed by atoms with Gasteiger partial charge in [0.2, 0.25) is 0 Å². The quantitative estimate of drug-likeness (QED) is 0.521. The van der Waals surface area contributed by atoms with Gasteiger partial charge >= 0.3 is 0 Å². The highest BCUT2D eigenvalue weighted by Gasteiger charge is 2.03. The van der Waals surface area contributed by atoms with Crippen LogP contribution in [-0.4, -0.2) is 10.9 Å². The number of Topliss-reactive ketones (excluding diaryl/α,β-unsaturated/α-hetero) is 1. The summed E-state index contributed by atoms with van der Waals surface area (Å²) in [5.41, 5.74) is 0.994. The molecule has 0 aliphatic heterocycles. The van der Waals surface area contributed by atoms with Gasteiger partial charge in [0.25, 0.3) is 0 Å². The second-order valence-electron chi connectivity index (χ2n) is 5.96. The summed E-state index contributed by atoms with van der Waals surface area (Å²) >= 11 is 0. The van der Waals surface area contributed by atoms with Crippen molar-refractivity contribution in [2.45, 2.75) is 77.6 Å². The molecule has 1 aromatic rings. The monoisotopic (exact) mass is 290 g/mol. The van der Waals surface area contributed by atoms with Crippen molar-refractivity contribution in [3.05, 3.63) is 29.8 Å². The van der Waals surface area contributed by atoms with Crippen LogP contribution in [0.2, 0.25) is 0 Å². The Labute approximate surface area is 129 Å². The number of phenolic OH excluding ortho intramolecular Hbond substituents is 1. The fraction of sp³-hybridized carbons (Fsp3) is 0.632. The molecule has 0 aliphatic rings. The Bertz CT molecular complexity index is 381. The van der Waals surface area contributed by atoms with Crippen LogP contribution in [0.25, 0.3) is 0 Å². The number of phenols is 1. The summed E-state index contributed by atoms with van der Waals surface area (Å²) in [7, 11) is 0. The predicted molar refractivity (Wildman–Crippen MR) is 88.7 cm³/mol. The van der Waals surface area contributed by atoms with E-state index in [4.69, 9.17) is 0 Å². The number of unbranched alkanes of at least 4 members (excludes halogenated alkanes) is 8. The summed E-state index contributed by atoms with van der Waals surface area (Å²) in [6.07, 6.45) is 12.7. The Hall–Kier alpha value is -1.31. The van der Waals surface area contributed by atoms with Crippen molar-refractivity contribution in [2.75, 3.05) is 0 Å². The number of hydrogen-bond acceptors (Lipinski definition) is 2. The molecule has 0 amide bonds. The molecular formula is C19H30O2.